The fourth-order valence-corrected chi connectivity index (χ4v) is 2.54. The van der Waals surface area contributed by atoms with Gasteiger partial charge in [-0.25, -0.2) is 4.68 Å². The zero-order valence-corrected chi connectivity index (χ0v) is 14.8. The van der Waals surface area contributed by atoms with Crippen LogP contribution in [0, 0.1) is 5.92 Å². The number of hydrogen-bond donors (Lipinski definition) is 1. The molecule has 20 heavy (non-hydrogen) atoms. The summed E-state index contributed by atoms with van der Waals surface area (Å²) in [5, 5.41) is 7.46. The van der Waals surface area contributed by atoms with Gasteiger partial charge in [-0.15, -0.1) is 0 Å². The molecular weight excluding hydrogens is 342 g/mol. The van der Waals surface area contributed by atoms with Gasteiger partial charge in [-0.3, -0.25) is 9.00 Å². The predicted octanol–water partition coefficient (Wildman–Crippen LogP) is 2.23. The van der Waals surface area contributed by atoms with Crippen LogP contribution in [0.5, 0.6) is 0 Å². The van der Waals surface area contributed by atoms with E-state index in [9.17, 15) is 9.00 Å². The summed E-state index contributed by atoms with van der Waals surface area (Å²) in [5.41, 5.74) is 0.555. The Bertz CT molecular complexity index is 531. The molecule has 2 unspecified atom stereocenters. The summed E-state index contributed by atoms with van der Waals surface area (Å²) in [4.78, 5) is 12.1. The first-order chi connectivity index (χ1) is 9.32. The van der Waals surface area contributed by atoms with Gasteiger partial charge in [0.1, 0.15) is 4.47 Å². The summed E-state index contributed by atoms with van der Waals surface area (Å²) in [6.45, 7) is 7.30. The first-order valence-electron chi connectivity index (χ1n) is 6.64. The average Bonchev–Trinajstić information content (AvgIpc) is 2.37. The molecule has 0 amide bonds. The van der Waals surface area contributed by atoms with Crippen molar-refractivity contribution in [3.05, 3.63) is 21.0 Å². The summed E-state index contributed by atoms with van der Waals surface area (Å²) < 4.78 is 13.2. The van der Waals surface area contributed by atoms with Crippen LogP contribution in [0.3, 0.4) is 0 Å². The van der Waals surface area contributed by atoms with E-state index in [0.29, 0.717) is 29.2 Å². The molecule has 1 rings (SSSR count). The highest BCUT2D eigenvalue weighted by molar-refractivity contribution is 9.10. The lowest BCUT2D eigenvalue weighted by Crippen LogP contribution is -2.26. The maximum Gasteiger partial charge on any atom is 0.283 e. The Morgan fingerprint density at radius 2 is 2.10 bits per heavy atom. The Balaban J connectivity index is 2.71. The largest absolute Gasteiger partial charge is 0.383 e. The molecule has 0 radical (unpaired) electrons. The molecule has 0 saturated carbocycles. The number of halogens is 1. The second-order valence-corrected chi connectivity index (χ2v) is 7.87. The standard InChI is InChI=1S/C13H22BrN3O2S/c1-9(2)8-17-13(18)12(14)11(7-16-17)15-6-5-10(3)20(4)19/h7,9-10,15H,5-6,8H2,1-4H3. The molecule has 0 fully saturated rings. The van der Waals surface area contributed by atoms with E-state index in [2.05, 4.69) is 26.3 Å². The zero-order chi connectivity index (χ0) is 15.3. The van der Waals surface area contributed by atoms with Gasteiger partial charge >= 0.3 is 0 Å². The molecule has 1 N–H and O–H groups in total. The lowest BCUT2D eigenvalue weighted by molar-refractivity contribution is 0.462. The van der Waals surface area contributed by atoms with Gasteiger partial charge in [0.15, 0.2) is 0 Å². The highest BCUT2D eigenvalue weighted by Crippen LogP contribution is 2.16. The molecule has 1 aromatic rings. The van der Waals surface area contributed by atoms with Crippen LogP contribution >= 0.6 is 15.9 Å². The number of nitrogens with one attached hydrogen (secondary N) is 1. The topological polar surface area (TPSA) is 64.0 Å². The van der Waals surface area contributed by atoms with Gasteiger partial charge in [0.2, 0.25) is 0 Å². The Labute approximate surface area is 130 Å². The van der Waals surface area contributed by atoms with Crippen LogP contribution in [0.15, 0.2) is 15.5 Å². The van der Waals surface area contributed by atoms with Crippen molar-refractivity contribution in [2.45, 2.75) is 39.0 Å². The fourth-order valence-electron chi connectivity index (χ4n) is 1.64. The summed E-state index contributed by atoms with van der Waals surface area (Å²) >= 11 is 3.32. The van der Waals surface area contributed by atoms with Crippen LogP contribution < -0.4 is 10.9 Å². The smallest absolute Gasteiger partial charge is 0.283 e. The van der Waals surface area contributed by atoms with Crippen LogP contribution in [0.25, 0.3) is 0 Å². The lowest BCUT2D eigenvalue weighted by atomic mass is 10.2. The third kappa shape index (κ3) is 5.01. The maximum absolute atomic E-state index is 12.1. The van der Waals surface area contributed by atoms with Crippen molar-refractivity contribution >= 4 is 32.4 Å². The van der Waals surface area contributed by atoms with Crippen molar-refractivity contribution in [2.75, 3.05) is 18.1 Å². The molecule has 5 nitrogen and oxygen atoms in total. The third-order valence-electron chi connectivity index (χ3n) is 2.96. The van der Waals surface area contributed by atoms with E-state index >= 15 is 0 Å². The van der Waals surface area contributed by atoms with Crippen LogP contribution in [-0.4, -0.2) is 32.0 Å². The fraction of sp³-hybridized carbons (Fsp3) is 0.692. The predicted molar refractivity (Wildman–Crippen MR) is 87.7 cm³/mol. The normalized spacial score (nSPS) is 14.3. The maximum atomic E-state index is 12.1. The Morgan fingerprint density at radius 1 is 1.45 bits per heavy atom. The molecule has 0 saturated heterocycles. The molecular formula is C13H22BrN3O2S. The Hall–Kier alpha value is -0.690. The van der Waals surface area contributed by atoms with Crippen molar-refractivity contribution in [1.82, 2.24) is 9.78 Å². The highest BCUT2D eigenvalue weighted by Gasteiger charge is 2.10. The van der Waals surface area contributed by atoms with Gasteiger partial charge < -0.3 is 5.32 Å². The summed E-state index contributed by atoms with van der Waals surface area (Å²) in [6.07, 6.45) is 4.14. The zero-order valence-electron chi connectivity index (χ0n) is 12.4. The third-order valence-corrected chi connectivity index (χ3v) is 5.09. The van der Waals surface area contributed by atoms with E-state index in [1.807, 2.05) is 20.8 Å². The monoisotopic (exact) mass is 363 g/mol. The lowest BCUT2D eigenvalue weighted by Gasteiger charge is -2.13. The molecule has 1 heterocycles. The van der Waals surface area contributed by atoms with E-state index in [1.54, 1.807) is 12.5 Å². The number of anilines is 1. The second-order valence-electron chi connectivity index (χ2n) is 5.28. The SMILES string of the molecule is CC(C)Cn1ncc(NCCC(C)S(C)=O)c(Br)c1=O. The number of aromatic nitrogens is 2. The van der Waals surface area contributed by atoms with Gasteiger partial charge in [-0.2, -0.15) is 5.10 Å². The van der Waals surface area contributed by atoms with E-state index in [4.69, 9.17) is 0 Å². The van der Waals surface area contributed by atoms with Crippen LogP contribution in [0.4, 0.5) is 5.69 Å². The summed E-state index contributed by atoms with van der Waals surface area (Å²) in [5.74, 6) is 0.367. The molecule has 0 aliphatic carbocycles. The minimum absolute atomic E-state index is 0.129. The molecule has 114 valence electrons. The molecule has 0 aliphatic rings. The van der Waals surface area contributed by atoms with Gasteiger partial charge in [-0.1, -0.05) is 20.8 Å². The van der Waals surface area contributed by atoms with Crippen molar-refractivity contribution in [2.24, 2.45) is 5.92 Å². The number of rotatable bonds is 7. The van der Waals surface area contributed by atoms with Gasteiger partial charge in [0, 0.05) is 35.4 Å². The average molecular weight is 364 g/mol. The van der Waals surface area contributed by atoms with E-state index < -0.39 is 10.8 Å². The summed E-state index contributed by atoms with van der Waals surface area (Å²) in [6, 6.07) is 0. The van der Waals surface area contributed by atoms with Crippen molar-refractivity contribution in [3.63, 3.8) is 0 Å². The van der Waals surface area contributed by atoms with E-state index in [-0.39, 0.29) is 10.8 Å². The molecule has 0 aromatic carbocycles. The minimum Gasteiger partial charge on any atom is -0.383 e. The van der Waals surface area contributed by atoms with Crippen molar-refractivity contribution in [3.8, 4) is 0 Å². The molecule has 7 heteroatoms. The molecule has 0 spiro atoms. The minimum atomic E-state index is -0.822. The number of hydrogen-bond acceptors (Lipinski definition) is 4. The summed E-state index contributed by atoms with van der Waals surface area (Å²) in [7, 11) is -0.822. The van der Waals surface area contributed by atoms with E-state index in [1.165, 1.54) is 4.68 Å². The van der Waals surface area contributed by atoms with E-state index in [0.717, 1.165) is 6.42 Å². The first kappa shape index (κ1) is 17.4. The van der Waals surface area contributed by atoms with Gasteiger partial charge in [0.05, 0.1) is 11.9 Å². The van der Waals surface area contributed by atoms with Crippen LogP contribution in [-0.2, 0) is 17.3 Å². The first-order valence-corrected chi connectivity index (χ1v) is 9.06. The van der Waals surface area contributed by atoms with Gasteiger partial charge in [-0.05, 0) is 28.3 Å². The quantitative estimate of drug-likeness (QED) is 0.806. The Kier molecular flexibility index (Phi) is 6.88. The van der Waals surface area contributed by atoms with Crippen LogP contribution in [0.1, 0.15) is 27.2 Å². The molecule has 0 bridgehead atoms. The van der Waals surface area contributed by atoms with Gasteiger partial charge in [0.25, 0.3) is 5.56 Å². The Morgan fingerprint density at radius 3 is 2.65 bits per heavy atom. The van der Waals surface area contributed by atoms with Crippen LogP contribution in [0.2, 0.25) is 0 Å². The number of nitrogens with zero attached hydrogens (tertiary/aromatic N) is 2. The molecule has 1 aromatic heterocycles. The van der Waals surface area contributed by atoms with Crippen molar-refractivity contribution < 1.29 is 4.21 Å². The molecule has 2 atom stereocenters. The highest BCUT2D eigenvalue weighted by atomic mass is 79.9. The van der Waals surface area contributed by atoms with Crippen molar-refractivity contribution in [1.29, 1.82) is 0 Å². The second kappa shape index (κ2) is 7.93. The molecule has 0 aliphatic heterocycles.